The van der Waals surface area contributed by atoms with Crippen molar-refractivity contribution in [3.8, 4) is 0 Å². The van der Waals surface area contributed by atoms with Crippen LogP contribution in [0.3, 0.4) is 0 Å². The molecule has 6 heteroatoms. The number of hydrogen-bond acceptors (Lipinski definition) is 4. The molecule has 1 fully saturated rings. The van der Waals surface area contributed by atoms with Crippen LogP contribution in [0.2, 0.25) is 0 Å². The molecule has 1 saturated heterocycles. The number of amidine groups is 1. The van der Waals surface area contributed by atoms with Crippen molar-refractivity contribution in [1.29, 1.82) is 0 Å². The standard InChI is InChI=1S/C13H23N5O/c1-13(12(14)16-19)4-7-18(8-5-13)6-3-11-9-15-17(2)10-11/h9-10,19H,3-8H2,1-2H3,(H2,14,16). The average Bonchev–Trinajstić information content (AvgIpc) is 2.83. The van der Waals surface area contributed by atoms with Crippen LogP contribution in [0.4, 0.5) is 0 Å². The molecule has 0 aromatic carbocycles. The minimum Gasteiger partial charge on any atom is -0.409 e. The van der Waals surface area contributed by atoms with Gasteiger partial charge in [-0.3, -0.25) is 4.68 Å². The molecule has 19 heavy (non-hydrogen) atoms. The van der Waals surface area contributed by atoms with Gasteiger partial charge in [0.2, 0.25) is 0 Å². The summed E-state index contributed by atoms with van der Waals surface area (Å²) in [5.74, 6) is 0.361. The summed E-state index contributed by atoms with van der Waals surface area (Å²) in [5.41, 5.74) is 6.88. The summed E-state index contributed by atoms with van der Waals surface area (Å²) in [5, 5.41) is 16.2. The van der Waals surface area contributed by atoms with E-state index in [0.29, 0.717) is 5.84 Å². The molecule has 0 amide bonds. The summed E-state index contributed by atoms with van der Waals surface area (Å²) in [6.07, 6.45) is 6.88. The van der Waals surface area contributed by atoms with Gasteiger partial charge in [-0.25, -0.2) is 0 Å². The van der Waals surface area contributed by atoms with Gasteiger partial charge in [0.25, 0.3) is 0 Å². The van der Waals surface area contributed by atoms with Gasteiger partial charge in [0, 0.05) is 25.2 Å². The maximum absolute atomic E-state index is 8.81. The first-order valence-electron chi connectivity index (χ1n) is 6.71. The lowest BCUT2D eigenvalue weighted by molar-refractivity contribution is 0.160. The van der Waals surface area contributed by atoms with Crippen LogP contribution in [0.15, 0.2) is 17.5 Å². The Morgan fingerprint density at radius 2 is 2.21 bits per heavy atom. The van der Waals surface area contributed by atoms with Gasteiger partial charge in [0.05, 0.1) is 6.20 Å². The number of oxime groups is 1. The number of likely N-dealkylation sites (tertiary alicyclic amines) is 1. The van der Waals surface area contributed by atoms with E-state index in [1.807, 2.05) is 17.9 Å². The second-order valence-electron chi connectivity index (χ2n) is 5.66. The van der Waals surface area contributed by atoms with E-state index in [9.17, 15) is 0 Å². The van der Waals surface area contributed by atoms with E-state index in [-0.39, 0.29) is 5.41 Å². The predicted octanol–water partition coefficient (Wildman–Crippen LogP) is 0.811. The summed E-state index contributed by atoms with van der Waals surface area (Å²) in [7, 11) is 1.94. The van der Waals surface area contributed by atoms with E-state index < -0.39 is 0 Å². The molecule has 0 spiro atoms. The highest BCUT2D eigenvalue weighted by atomic mass is 16.4. The molecule has 1 aliphatic heterocycles. The fraction of sp³-hybridized carbons (Fsp3) is 0.692. The number of aryl methyl sites for hydroxylation is 1. The fourth-order valence-corrected chi connectivity index (χ4v) is 2.54. The molecule has 0 atom stereocenters. The van der Waals surface area contributed by atoms with Gasteiger partial charge < -0.3 is 15.8 Å². The Morgan fingerprint density at radius 1 is 1.53 bits per heavy atom. The Hall–Kier alpha value is -1.56. The molecule has 6 nitrogen and oxygen atoms in total. The van der Waals surface area contributed by atoms with Crippen molar-refractivity contribution < 1.29 is 5.21 Å². The lowest BCUT2D eigenvalue weighted by Gasteiger charge is -2.38. The van der Waals surface area contributed by atoms with Crippen LogP contribution < -0.4 is 5.73 Å². The topological polar surface area (TPSA) is 79.7 Å². The number of nitrogens with two attached hydrogens (primary N) is 1. The van der Waals surface area contributed by atoms with Crippen molar-refractivity contribution in [3.63, 3.8) is 0 Å². The molecule has 2 heterocycles. The maximum Gasteiger partial charge on any atom is 0.145 e. The summed E-state index contributed by atoms with van der Waals surface area (Å²) < 4.78 is 1.83. The Bertz CT molecular complexity index is 446. The van der Waals surface area contributed by atoms with E-state index in [4.69, 9.17) is 10.9 Å². The SMILES string of the molecule is Cn1cc(CCN2CCC(C)(/C(N)=N/O)CC2)cn1. The normalized spacial score (nSPS) is 20.6. The monoisotopic (exact) mass is 265 g/mol. The van der Waals surface area contributed by atoms with E-state index >= 15 is 0 Å². The van der Waals surface area contributed by atoms with Gasteiger partial charge >= 0.3 is 0 Å². The highest BCUT2D eigenvalue weighted by Gasteiger charge is 2.33. The highest BCUT2D eigenvalue weighted by Crippen LogP contribution is 2.30. The molecule has 2 rings (SSSR count). The Kier molecular flexibility index (Phi) is 4.09. The highest BCUT2D eigenvalue weighted by molar-refractivity contribution is 5.85. The first-order chi connectivity index (χ1) is 9.03. The van der Waals surface area contributed by atoms with Crippen LogP contribution in [0.1, 0.15) is 25.3 Å². The summed E-state index contributed by atoms with van der Waals surface area (Å²) in [6, 6.07) is 0. The minimum atomic E-state index is -0.153. The molecule has 0 radical (unpaired) electrons. The number of nitrogens with zero attached hydrogens (tertiary/aromatic N) is 4. The molecular weight excluding hydrogens is 242 g/mol. The predicted molar refractivity (Wildman–Crippen MR) is 74.1 cm³/mol. The first-order valence-corrected chi connectivity index (χ1v) is 6.71. The zero-order valence-electron chi connectivity index (χ0n) is 11.7. The fourth-order valence-electron chi connectivity index (χ4n) is 2.54. The lowest BCUT2D eigenvalue weighted by Crippen LogP contribution is -2.46. The first kappa shape index (κ1) is 13.9. The summed E-state index contributed by atoms with van der Waals surface area (Å²) in [6.45, 7) is 5.10. The minimum absolute atomic E-state index is 0.153. The quantitative estimate of drug-likeness (QED) is 0.365. The average molecular weight is 265 g/mol. The Balaban J connectivity index is 1.80. The van der Waals surface area contributed by atoms with Crippen molar-refractivity contribution in [3.05, 3.63) is 18.0 Å². The van der Waals surface area contributed by atoms with Crippen molar-refractivity contribution in [2.45, 2.75) is 26.2 Å². The zero-order valence-corrected chi connectivity index (χ0v) is 11.7. The molecule has 1 aliphatic rings. The van der Waals surface area contributed by atoms with E-state index in [2.05, 4.69) is 28.3 Å². The number of hydrogen-bond donors (Lipinski definition) is 2. The molecule has 3 N–H and O–H groups in total. The van der Waals surface area contributed by atoms with Gasteiger partial charge in [0.15, 0.2) is 0 Å². The van der Waals surface area contributed by atoms with Crippen molar-refractivity contribution in [2.75, 3.05) is 19.6 Å². The third kappa shape index (κ3) is 3.26. The number of piperidine rings is 1. The van der Waals surface area contributed by atoms with Gasteiger partial charge in [-0.15, -0.1) is 0 Å². The van der Waals surface area contributed by atoms with Gasteiger partial charge in [0.1, 0.15) is 5.84 Å². The van der Waals surface area contributed by atoms with Crippen LogP contribution >= 0.6 is 0 Å². The van der Waals surface area contributed by atoms with Gasteiger partial charge in [-0.1, -0.05) is 12.1 Å². The van der Waals surface area contributed by atoms with E-state index in [0.717, 1.165) is 38.9 Å². The lowest BCUT2D eigenvalue weighted by atomic mass is 9.79. The second kappa shape index (κ2) is 5.61. The second-order valence-corrected chi connectivity index (χ2v) is 5.66. The van der Waals surface area contributed by atoms with Gasteiger partial charge in [-0.2, -0.15) is 5.10 Å². The maximum atomic E-state index is 8.81. The number of rotatable bonds is 4. The Labute approximate surface area is 113 Å². The van der Waals surface area contributed by atoms with Crippen molar-refractivity contribution in [1.82, 2.24) is 14.7 Å². The third-order valence-corrected chi connectivity index (χ3v) is 4.16. The molecule has 106 valence electrons. The molecule has 0 aliphatic carbocycles. The number of aromatic nitrogens is 2. The molecule has 1 aromatic heterocycles. The van der Waals surface area contributed by atoms with Crippen molar-refractivity contribution >= 4 is 5.84 Å². The van der Waals surface area contributed by atoms with Crippen LogP contribution in [-0.4, -0.2) is 45.4 Å². The molecular formula is C13H23N5O. The van der Waals surface area contributed by atoms with E-state index in [1.54, 1.807) is 0 Å². The largest absolute Gasteiger partial charge is 0.409 e. The summed E-state index contributed by atoms with van der Waals surface area (Å²) >= 11 is 0. The van der Waals surface area contributed by atoms with E-state index in [1.165, 1.54) is 5.56 Å². The van der Waals surface area contributed by atoms with Gasteiger partial charge in [-0.05, 0) is 37.9 Å². The van der Waals surface area contributed by atoms with Crippen LogP contribution in [0, 0.1) is 5.41 Å². The van der Waals surface area contributed by atoms with Crippen LogP contribution in [0.5, 0.6) is 0 Å². The molecule has 0 saturated carbocycles. The smallest absolute Gasteiger partial charge is 0.145 e. The molecule has 1 aromatic rings. The van der Waals surface area contributed by atoms with Crippen LogP contribution in [0.25, 0.3) is 0 Å². The third-order valence-electron chi connectivity index (χ3n) is 4.16. The summed E-state index contributed by atoms with van der Waals surface area (Å²) in [4.78, 5) is 2.43. The van der Waals surface area contributed by atoms with Crippen LogP contribution in [-0.2, 0) is 13.5 Å². The molecule has 0 bridgehead atoms. The van der Waals surface area contributed by atoms with Crippen molar-refractivity contribution in [2.24, 2.45) is 23.4 Å². The Morgan fingerprint density at radius 3 is 2.74 bits per heavy atom. The zero-order chi connectivity index (χ0) is 13.9. The molecule has 0 unspecified atom stereocenters.